The van der Waals surface area contributed by atoms with Crippen molar-refractivity contribution in [1.29, 1.82) is 0 Å². The van der Waals surface area contributed by atoms with Crippen LogP contribution in [0.1, 0.15) is 25.8 Å². The molecule has 0 unspecified atom stereocenters. The van der Waals surface area contributed by atoms with E-state index in [0.717, 1.165) is 17.5 Å². The number of urea groups is 1. The van der Waals surface area contributed by atoms with E-state index >= 15 is 0 Å². The summed E-state index contributed by atoms with van der Waals surface area (Å²) in [7, 11) is 0. The molecule has 2 aromatic carbocycles. The highest BCUT2D eigenvalue weighted by Crippen LogP contribution is 2.23. The number of hydrogen-bond donors (Lipinski definition) is 2. The third-order valence-electron chi connectivity index (χ3n) is 4.12. The van der Waals surface area contributed by atoms with Gasteiger partial charge in [-0.1, -0.05) is 29.8 Å². The van der Waals surface area contributed by atoms with E-state index in [0.29, 0.717) is 17.4 Å². The Bertz CT molecular complexity index is 870. The zero-order chi connectivity index (χ0) is 18.5. The molecule has 0 aliphatic carbocycles. The van der Waals surface area contributed by atoms with Crippen molar-refractivity contribution in [3.05, 3.63) is 54.1 Å². The molecule has 0 fully saturated rings. The highest BCUT2D eigenvalue weighted by atomic mass is 16.5. The molecule has 26 heavy (non-hydrogen) atoms. The number of hydrogen-bond acceptors (Lipinski definition) is 4. The number of aryl methyl sites for hydroxylation is 1. The van der Waals surface area contributed by atoms with Crippen LogP contribution in [-0.4, -0.2) is 22.2 Å². The van der Waals surface area contributed by atoms with Gasteiger partial charge in [0.2, 0.25) is 5.82 Å². The fraction of sp³-hybridized carbons (Fsp3) is 0.250. The molecular weight excluding hydrogens is 328 g/mol. The van der Waals surface area contributed by atoms with E-state index in [1.54, 1.807) is 0 Å². The van der Waals surface area contributed by atoms with Crippen molar-refractivity contribution < 1.29 is 9.32 Å². The van der Waals surface area contributed by atoms with Gasteiger partial charge in [0.05, 0.1) is 0 Å². The lowest BCUT2D eigenvalue weighted by Gasteiger charge is -2.12. The van der Waals surface area contributed by atoms with Crippen LogP contribution in [0.25, 0.3) is 22.8 Å². The Labute approximate surface area is 152 Å². The number of anilines is 1. The molecule has 134 valence electrons. The minimum Gasteiger partial charge on any atom is -0.335 e. The molecular formula is C20H22N4O2. The van der Waals surface area contributed by atoms with Gasteiger partial charge in [-0.25, -0.2) is 4.79 Å². The Morgan fingerprint density at radius 3 is 2.38 bits per heavy atom. The Morgan fingerprint density at radius 1 is 1.08 bits per heavy atom. The minimum absolute atomic E-state index is 0.133. The molecule has 6 nitrogen and oxygen atoms in total. The summed E-state index contributed by atoms with van der Waals surface area (Å²) in [5.41, 5.74) is 3.58. The van der Waals surface area contributed by atoms with E-state index in [4.69, 9.17) is 4.52 Å². The zero-order valence-electron chi connectivity index (χ0n) is 15.1. The average molecular weight is 350 g/mol. The number of benzene rings is 2. The summed E-state index contributed by atoms with van der Waals surface area (Å²) in [4.78, 5) is 16.3. The standard InChI is InChI=1S/C20H22N4O2/c1-4-14(3)21-20(25)22-17-11-9-15(10-12-17)18-23-19(26-24-18)16-7-5-13(2)6-8-16/h5-12,14H,4H2,1-3H3,(H2,21,22,25)/t14-/m1/s1. The number of nitrogens with zero attached hydrogens (tertiary/aromatic N) is 2. The molecule has 1 atom stereocenters. The van der Waals surface area contributed by atoms with Gasteiger partial charge >= 0.3 is 6.03 Å². The van der Waals surface area contributed by atoms with Crippen molar-refractivity contribution in [3.8, 4) is 22.8 Å². The summed E-state index contributed by atoms with van der Waals surface area (Å²) in [6.45, 7) is 6.02. The number of carbonyl (C=O) groups excluding carboxylic acids is 1. The largest absolute Gasteiger partial charge is 0.335 e. The molecule has 2 amide bonds. The molecule has 3 aromatic rings. The molecule has 6 heteroatoms. The Hall–Kier alpha value is -3.15. The smallest absolute Gasteiger partial charge is 0.319 e. The van der Waals surface area contributed by atoms with Crippen molar-refractivity contribution in [3.63, 3.8) is 0 Å². The van der Waals surface area contributed by atoms with E-state index in [-0.39, 0.29) is 12.1 Å². The number of rotatable bonds is 5. The van der Waals surface area contributed by atoms with Gasteiger partial charge in [-0.05, 0) is 56.7 Å². The van der Waals surface area contributed by atoms with Crippen molar-refractivity contribution in [2.45, 2.75) is 33.2 Å². The normalized spacial score (nSPS) is 11.8. The van der Waals surface area contributed by atoms with Crippen LogP contribution < -0.4 is 10.6 Å². The topological polar surface area (TPSA) is 80.0 Å². The minimum atomic E-state index is -0.215. The summed E-state index contributed by atoms with van der Waals surface area (Å²) >= 11 is 0. The number of aromatic nitrogens is 2. The molecule has 1 heterocycles. The van der Waals surface area contributed by atoms with Crippen LogP contribution in [0.15, 0.2) is 53.1 Å². The first-order valence-corrected chi connectivity index (χ1v) is 8.64. The summed E-state index contributed by atoms with van der Waals surface area (Å²) < 4.78 is 5.36. The molecule has 0 spiro atoms. The first kappa shape index (κ1) is 17.7. The van der Waals surface area contributed by atoms with Gasteiger partial charge in [-0.2, -0.15) is 4.98 Å². The summed E-state index contributed by atoms with van der Waals surface area (Å²) in [5.74, 6) is 0.992. The van der Waals surface area contributed by atoms with Gasteiger partial charge in [0, 0.05) is 22.9 Å². The van der Waals surface area contributed by atoms with Crippen LogP contribution >= 0.6 is 0 Å². The molecule has 3 rings (SSSR count). The molecule has 1 aromatic heterocycles. The summed E-state index contributed by atoms with van der Waals surface area (Å²) in [6, 6.07) is 15.2. The fourth-order valence-corrected chi connectivity index (χ4v) is 2.35. The maximum Gasteiger partial charge on any atom is 0.319 e. The van der Waals surface area contributed by atoms with Crippen LogP contribution in [0.2, 0.25) is 0 Å². The second-order valence-corrected chi connectivity index (χ2v) is 6.27. The first-order chi connectivity index (χ1) is 12.5. The van der Waals surface area contributed by atoms with Gasteiger partial charge in [-0.15, -0.1) is 0 Å². The van der Waals surface area contributed by atoms with Gasteiger partial charge in [0.25, 0.3) is 5.89 Å². The van der Waals surface area contributed by atoms with E-state index in [1.165, 1.54) is 5.56 Å². The van der Waals surface area contributed by atoms with Gasteiger partial charge in [0.1, 0.15) is 0 Å². The lowest BCUT2D eigenvalue weighted by Crippen LogP contribution is -2.35. The van der Waals surface area contributed by atoms with Crippen molar-refractivity contribution in [2.24, 2.45) is 0 Å². The fourth-order valence-electron chi connectivity index (χ4n) is 2.35. The van der Waals surface area contributed by atoms with E-state index < -0.39 is 0 Å². The summed E-state index contributed by atoms with van der Waals surface area (Å²) in [5, 5.41) is 9.71. The van der Waals surface area contributed by atoms with Gasteiger partial charge in [0.15, 0.2) is 0 Å². The second-order valence-electron chi connectivity index (χ2n) is 6.27. The lowest BCUT2D eigenvalue weighted by atomic mass is 10.1. The van der Waals surface area contributed by atoms with Crippen LogP contribution in [0.5, 0.6) is 0 Å². The van der Waals surface area contributed by atoms with E-state index in [9.17, 15) is 4.79 Å². The van der Waals surface area contributed by atoms with Crippen molar-refractivity contribution in [1.82, 2.24) is 15.5 Å². The molecule has 0 saturated carbocycles. The quantitative estimate of drug-likeness (QED) is 0.703. The summed E-state index contributed by atoms with van der Waals surface area (Å²) in [6.07, 6.45) is 0.882. The van der Waals surface area contributed by atoms with E-state index in [1.807, 2.05) is 69.3 Å². The predicted molar refractivity (Wildman–Crippen MR) is 102 cm³/mol. The Morgan fingerprint density at radius 2 is 1.73 bits per heavy atom. The van der Waals surface area contributed by atoms with Crippen LogP contribution in [0.4, 0.5) is 10.5 Å². The number of amides is 2. The van der Waals surface area contributed by atoms with Crippen molar-refractivity contribution >= 4 is 11.7 Å². The molecule has 0 radical (unpaired) electrons. The molecule has 0 aliphatic rings. The van der Waals surface area contributed by atoms with Crippen molar-refractivity contribution in [2.75, 3.05) is 5.32 Å². The van der Waals surface area contributed by atoms with Crippen LogP contribution in [0.3, 0.4) is 0 Å². The number of nitrogens with one attached hydrogen (secondary N) is 2. The predicted octanol–water partition coefficient (Wildman–Crippen LogP) is 4.63. The maximum absolute atomic E-state index is 11.9. The highest BCUT2D eigenvalue weighted by molar-refractivity contribution is 5.89. The molecule has 2 N–H and O–H groups in total. The molecule has 0 bridgehead atoms. The van der Waals surface area contributed by atoms with E-state index in [2.05, 4.69) is 20.8 Å². The second kappa shape index (κ2) is 7.82. The zero-order valence-corrected chi connectivity index (χ0v) is 15.1. The third kappa shape index (κ3) is 4.27. The van der Waals surface area contributed by atoms with Gasteiger partial charge in [-0.3, -0.25) is 0 Å². The SMILES string of the molecule is CC[C@@H](C)NC(=O)Nc1ccc(-c2noc(-c3ccc(C)cc3)n2)cc1. The van der Waals surface area contributed by atoms with Crippen LogP contribution in [-0.2, 0) is 0 Å². The van der Waals surface area contributed by atoms with Gasteiger partial charge < -0.3 is 15.2 Å². The number of carbonyl (C=O) groups is 1. The lowest BCUT2D eigenvalue weighted by molar-refractivity contribution is 0.249. The Kier molecular flexibility index (Phi) is 5.31. The molecule has 0 aliphatic heterocycles. The first-order valence-electron chi connectivity index (χ1n) is 8.64. The maximum atomic E-state index is 11.9. The molecule has 0 saturated heterocycles. The Balaban J connectivity index is 1.69. The monoisotopic (exact) mass is 350 g/mol. The highest BCUT2D eigenvalue weighted by Gasteiger charge is 2.11. The average Bonchev–Trinajstić information content (AvgIpc) is 3.13. The third-order valence-corrected chi connectivity index (χ3v) is 4.12. The van der Waals surface area contributed by atoms with Crippen LogP contribution in [0, 0.1) is 6.92 Å².